The minimum absolute atomic E-state index is 0.0427. The highest BCUT2D eigenvalue weighted by Crippen LogP contribution is 2.29. The largest absolute Gasteiger partial charge is 0.416 e. The molecular formula is C17H17F3N2O. The second-order valence-electron chi connectivity index (χ2n) is 5.04. The van der Waals surface area contributed by atoms with Gasteiger partial charge in [0.25, 0.3) is 0 Å². The maximum absolute atomic E-state index is 12.6. The van der Waals surface area contributed by atoms with E-state index < -0.39 is 17.8 Å². The summed E-state index contributed by atoms with van der Waals surface area (Å²) in [6.45, 7) is 0.500. The molecule has 2 aromatic carbocycles. The number of benzene rings is 2. The molecule has 0 radical (unpaired) electrons. The van der Waals surface area contributed by atoms with Crippen LogP contribution in [0.25, 0.3) is 0 Å². The summed E-state index contributed by atoms with van der Waals surface area (Å²) in [7, 11) is 0. The molecule has 0 bridgehead atoms. The van der Waals surface area contributed by atoms with Gasteiger partial charge in [-0.3, -0.25) is 0 Å². The van der Waals surface area contributed by atoms with Crippen LogP contribution in [0, 0.1) is 0 Å². The number of carbonyl (C=O) groups is 1. The van der Waals surface area contributed by atoms with Crippen LogP contribution in [0.3, 0.4) is 0 Å². The van der Waals surface area contributed by atoms with Crippen molar-refractivity contribution >= 4 is 6.03 Å². The number of nitrogens with one attached hydrogen (secondary N) is 2. The van der Waals surface area contributed by atoms with Crippen LogP contribution in [0.15, 0.2) is 54.6 Å². The third-order valence-corrected chi connectivity index (χ3v) is 3.25. The molecule has 0 aromatic heterocycles. The van der Waals surface area contributed by atoms with E-state index in [2.05, 4.69) is 10.6 Å². The van der Waals surface area contributed by atoms with Crippen molar-refractivity contribution in [1.82, 2.24) is 10.6 Å². The lowest BCUT2D eigenvalue weighted by Gasteiger charge is -2.10. The first-order chi connectivity index (χ1) is 10.9. The second kappa shape index (κ2) is 7.67. The molecule has 2 N–H and O–H groups in total. The molecule has 0 saturated carbocycles. The van der Waals surface area contributed by atoms with Gasteiger partial charge in [0.15, 0.2) is 0 Å². The van der Waals surface area contributed by atoms with Crippen molar-refractivity contribution in [2.24, 2.45) is 0 Å². The molecule has 0 spiro atoms. The number of rotatable bonds is 5. The van der Waals surface area contributed by atoms with Crippen LogP contribution in [0.5, 0.6) is 0 Å². The lowest BCUT2D eigenvalue weighted by molar-refractivity contribution is -0.137. The van der Waals surface area contributed by atoms with Crippen molar-refractivity contribution in [3.05, 3.63) is 71.3 Å². The average Bonchev–Trinajstić information content (AvgIpc) is 2.53. The molecule has 0 atom stereocenters. The average molecular weight is 322 g/mol. The zero-order valence-corrected chi connectivity index (χ0v) is 12.4. The Labute approximate surface area is 132 Å². The minimum Gasteiger partial charge on any atom is -0.338 e. The van der Waals surface area contributed by atoms with Gasteiger partial charge in [-0.25, -0.2) is 4.79 Å². The van der Waals surface area contributed by atoms with Crippen molar-refractivity contribution in [1.29, 1.82) is 0 Å². The molecule has 0 saturated heterocycles. The molecule has 23 heavy (non-hydrogen) atoms. The van der Waals surface area contributed by atoms with Crippen molar-refractivity contribution in [2.45, 2.75) is 19.1 Å². The Morgan fingerprint density at radius 3 is 2.30 bits per heavy atom. The van der Waals surface area contributed by atoms with Gasteiger partial charge in [0, 0.05) is 13.1 Å². The molecule has 0 aliphatic rings. The van der Waals surface area contributed by atoms with Crippen LogP contribution in [-0.2, 0) is 19.1 Å². The molecular weight excluding hydrogens is 305 g/mol. The van der Waals surface area contributed by atoms with Crippen molar-refractivity contribution in [3.8, 4) is 0 Å². The Morgan fingerprint density at radius 2 is 1.61 bits per heavy atom. The number of carbonyl (C=O) groups excluding carboxylic acids is 1. The predicted molar refractivity (Wildman–Crippen MR) is 81.8 cm³/mol. The monoisotopic (exact) mass is 322 g/mol. The summed E-state index contributed by atoms with van der Waals surface area (Å²) < 4.78 is 37.8. The summed E-state index contributed by atoms with van der Waals surface area (Å²) in [6.07, 6.45) is -3.69. The Balaban J connectivity index is 1.76. The van der Waals surface area contributed by atoms with E-state index in [1.807, 2.05) is 30.3 Å². The van der Waals surface area contributed by atoms with Gasteiger partial charge in [-0.15, -0.1) is 0 Å². The first-order valence-corrected chi connectivity index (χ1v) is 7.17. The van der Waals surface area contributed by atoms with Crippen LogP contribution in [0.1, 0.15) is 16.7 Å². The van der Waals surface area contributed by atoms with Crippen LogP contribution in [0.2, 0.25) is 0 Å². The number of urea groups is 1. The van der Waals surface area contributed by atoms with Crippen LogP contribution >= 0.6 is 0 Å². The standard InChI is InChI=1S/C17H17F3N2O/c18-17(19,20)15-8-4-7-14(11-15)12-22-16(23)21-10-9-13-5-2-1-3-6-13/h1-8,11H,9-10,12H2,(H2,21,22,23). The van der Waals surface area contributed by atoms with E-state index in [0.29, 0.717) is 18.5 Å². The number of amides is 2. The van der Waals surface area contributed by atoms with Crippen molar-refractivity contribution in [3.63, 3.8) is 0 Å². The van der Waals surface area contributed by atoms with Crippen LogP contribution in [0.4, 0.5) is 18.0 Å². The zero-order valence-electron chi connectivity index (χ0n) is 12.4. The normalized spacial score (nSPS) is 11.1. The molecule has 0 aliphatic heterocycles. The third kappa shape index (κ3) is 5.65. The fraction of sp³-hybridized carbons (Fsp3) is 0.235. The molecule has 0 fully saturated rings. The third-order valence-electron chi connectivity index (χ3n) is 3.25. The lowest BCUT2D eigenvalue weighted by Crippen LogP contribution is -2.36. The van der Waals surface area contributed by atoms with Gasteiger partial charge in [0.1, 0.15) is 0 Å². The van der Waals surface area contributed by atoms with E-state index in [4.69, 9.17) is 0 Å². The molecule has 2 aromatic rings. The Kier molecular flexibility index (Phi) is 5.62. The summed E-state index contributed by atoms with van der Waals surface area (Å²) >= 11 is 0. The molecule has 2 amide bonds. The Bertz CT molecular complexity index is 642. The Hall–Kier alpha value is -2.50. The fourth-order valence-electron chi connectivity index (χ4n) is 2.07. The quantitative estimate of drug-likeness (QED) is 0.865. The van der Waals surface area contributed by atoms with Gasteiger partial charge in [-0.2, -0.15) is 13.2 Å². The van der Waals surface area contributed by atoms with Crippen molar-refractivity contribution < 1.29 is 18.0 Å². The summed E-state index contributed by atoms with van der Waals surface area (Å²) in [6, 6.07) is 14.2. The van der Waals surface area contributed by atoms with E-state index in [0.717, 1.165) is 17.7 Å². The van der Waals surface area contributed by atoms with E-state index in [1.165, 1.54) is 6.07 Å². The highest BCUT2D eigenvalue weighted by molar-refractivity contribution is 5.73. The summed E-state index contributed by atoms with van der Waals surface area (Å²) in [5, 5.41) is 5.22. The minimum atomic E-state index is -4.38. The molecule has 2 rings (SSSR count). The van der Waals surface area contributed by atoms with Crippen LogP contribution < -0.4 is 10.6 Å². The van der Waals surface area contributed by atoms with Gasteiger partial charge >= 0.3 is 12.2 Å². The SMILES string of the molecule is O=C(NCCc1ccccc1)NCc1cccc(C(F)(F)F)c1. The van der Waals surface area contributed by atoms with Gasteiger partial charge in [0.05, 0.1) is 5.56 Å². The number of hydrogen-bond donors (Lipinski definition) is 2. The van der Waals surface area contributed by atoms with Gasteiger partial charge < -0.3 is 10.6 Å². The van der Waals surface area contributed by atoms with Crippen LogP contribution in [-0.4, -0.2) is 12.6 Å². The van der Waals surface area contributed by atoms with Gasteiger partial charge in [-0.1, -0.05) is 42.5 Å². The number of alkyl halides is 3. The van der Waals surface area contributed by atoms with E-state index in [1.54, 1.807) is 6.07 Å². The lowest BCUT2D eigenvalue weighted by atomic mass is 10.1. The second-order valence-corrected chi connectivity index (χ2v) is 5.04. The fourth-order valence-corrected chi connectivity index (χ4v) is 2.07. The molecule has 0 heterocycles. The molecule has 0 unspecified atom stereocenters. The van der Waals surface area contributed by atoms with Crippen molar-refractivity contribution in [2.75, 3.05) is 6.54 Å². The molecule has 0 aliphatic carbocycles. The first-order valence-electron chi connectivity index (χ1n) is 7.17. The smallest absolute Gasteiger partial charge is 0.338 e. The Morgan fingerprint density at radius 1 is 0.913 bits per heavy atom. The topological polar surface area (TPSA) is 41.1 Å². The summed E-state index contributed by atoms with van der Waals surface area (Å²) in [4.78, 5) is 11.6. The first kappa shape index (κ1) is 16.9. The maximum Gasteiger partial charge on any atom is 0.416 e. The number of halogens is 3. The van der Waals surface area contributed by atoms with E-state index >= 15 is 0 Å². The molecule has 6 heteroatoms. The molecule has 122 valence electrons. The van der Waals surface area contributed by atoms with Gasteiger partial charge in [0.2, 0.25) is 0 Å². The highest BCUT2D eigenvalue weighted by Gasteiger charge is 2.30. The van der Waals surface area contributed by atoms with Gasteiger partial charge in [-0.05, 0) is 29.7 Å². The summed E-state index contributed by atoms with van der Waals surface area (Å²) in [5.74, 6) is 0. The highest BCUT2D eigenvalue weighted by atomic mass is 19.4. The number of hydrogen-bond acceptors (Lipinski definition) is 1. The predicted octanol–water partition coefficient (Wildman–Crippen LogP) is 3.75. The summed E-state index contributed by atoms with van der Waals surface area (Å²) in [5.41, 5.74) is 0.782. The van der Waals surface area contributed by atoms with E-state index in [9.17, 15) is 18.0 Å². The molecule has 3 nitrogen and oxygen atoms in total. The maximum atomic E-state index is 12.6. The van der Waals surface area contributed by atoms with E-state index in [-0.39, 0.29) is 6.54 Å². The zero-order chi connectivity index (χ0) is 16.7.